The Morgan fingerprint density at radius 2 is 1.97 bits per heavy atom. The molecule has 1 amide bonds. The van der Waals surface area contributed by atoms with Crippen LogP contribution in [0.2, 0.25) is 5.02 Å². The normalized spacial score (nSPS) is 15.3. The summed E-state index contributed by atoms with van der Waals surface area (Å²) in [6.45, 7) is 3.42. The minimum atomic E-state index is -0.945. The van der Waals surface area contributed by atoms with E-state index in [-0.39, 0.29) is 47.7 Å². The van der Waals surface area contributed by atoms with Crippen molar-refractivity contribution in [3.05, 3.63) is 87.5 Å². The fourth-order valence-corrected chi connectivity index (χ4v) is 3.71. The summed E-state index contributed by atoms with van der Waals surface area (Å²) >= 11 is 6.24. The SMILES string of the molecule is CCOC(=O)C1=C(C)OC(N)=C(C#N)C1c1cc(Cl)ccc1OCC(=O)NCc1ccccc1. The van der Waals surface area contributed by atoms with Gasteiger partial charge in [0.05, 0.1) is 18.1 Å². The Morgan fingerprint density at radius 1 is 1.24 bits per heavy atom. The van der Waals surface area contributed by atoms with Gasteiger partial charge in [-0.3, -0.25) is 4.79 Å². The number of nitrogens with one attached hydrogen (secondary N) is 1. The lowest BCUT2D eigenvalue weighted by Crippen LogP contribution is -2.29. The molecule has 3 N–H and O–H groups in total. The lowest BCUT2D eigenvalue weighted by Gasteiger charge is -2.28. The third-order valence-electron chi connectivity index (χ3n) is 5.08. The number of esters is 1. The highest BCUT2D eigenvalue weighted by molar-refractivity contribution is 6.30. The number of amides is 1. The van der Waals surface area contributed by atoms with Crippen LogP contribution in [0.4, 0.5) is 0 Å². The maximum absolute atomic E-state index is 12.8. The van der Waals surface area contributed by atoms with Crippen LogP contribution in [-0.2, 0) is 25.6 Å². The van der Waals surface area contributed by atoms with Crippen LogP contribution in [0.25, 0.3) is 0 Å². The van der Waals surface area contributed by atoms with Crippen LogP contribution in [0.15, 0.2) is 71.3 Å². The Hall–Kier alpha value is -3.96. The maximum Gasteiger partial charge on any atom is 0.338 e. The quantitative estimate of drug-likeness (QED) is 0.551. The van der Waals surface area contributed by atoms with Gasteiger partial charge in [0.1, 0.15) is 23.2 Å². The first-order valence-corrected chi connectivity index (χ1v) is 10.9. The first-order chi connectivity index (χ1) is 16.3. The highest BCUT2D eigenvalue weighted by Crippen LogP contribution is 2.43. The van der Waals surface area contributed by atoms with Gasteiger partial charge in [-0.1, -0.05) is 41.9 Å². The van der Waals surface area contributed by atoms with Gasteiger partial charge in [-0.05, 0) is 37.6 Å². The minimum absolute atomic E-state index is 0.00861. The number of ether oxygens (including phenoxy) is 3. The number of halogens is 1. The molecule has 0 bridgehead atoms. The number of benzene rings is 2. The Bertz CT molecular complexity index is 1180. The molecule has 8 nitrogen and oxygen atoms in total. The molecule has 2 aromatic carbocycles. The number of carbonyl (C=O) groups excluding carboxylic acids is 2. The summed E-state index contributed by atoms with van der Waals surface area (Å²) in [5, 5.41) is 12.9. The number of nitrogens with zero attached hydrogens (tertiary/aromatic N) is 1. The van der Waals surface area contributed by atoms with E-state index in [1.54, 1.807) is 32.0 Å². The zero-order valence-electron chi connectivity index (χ0n) is 18.8. The van der Waals surface area contributed by atoms with Crippen molar-refractivity contribution in [3.8, 4) is 11.8 Å². The van der Waals surface area contributed by atoms with Gasteiger partial charge in [0.25, 0.3) is 5.91 Å². The van der Waals surface area contributed by atoms with Crippen LogP contribution in [-0.4, -0.2) is 25.1 Å². The molecule has 0 saturated carbocycles. The van der Waals surface area contributed by atoms with Crippen LogP contribution in [0.3, 0.4) is 0 Å². The maximum atomic E-state index is 12.8. The summed E-state index contributed by atoms with van der Waals surface area (Å²) in [5.41, 5.74) is 7.40. The van der Waals surface area contributed by atoms with Gasteiger partial charge in [-0.25, -0.2) is 4.79 Å². The van der Waals surface area contributed by atoms with Crippen molar-refractivity contribution in [2.45, 2.75) is 26.3 Å². The molecule has 176 valence electrons. The second-order valence-corrected chi connectivity index (χ2v) is 7.78. The number of allylic oxidation sites excluding steroid dienone is 2. The van der Waals surface area contributed by atoms with Gasteiger partial charge in [-0.15, -0.1) is 0 Å². The molecule has 1 atom stereocenters. The fourth-order valence-electron chi connectivity index (χ4n) is 3.53. The van der Waals surface area contributed by atoms with Crippen molar-refractivity contribution in [3.63, 3.8) is 0 Å². The first kappa shape index (κ1) is 24.7. The molecule has 2 aromatic rings. The average Bonchev–Trinajstić information content (AvgIpc) is 2.82. The van der Waals surface area contributed by atoms with E-state index >= 15 is 0 Å². The van der Waals surface area contributed by atoms with E-state index in [4.69, 9.17) is 31.5 Å². The van der Waals surface area contributed by atoms with Gasteiger partial charge >= 0.3 is 5.97 Å². The predicted molar refractivity (Wildman–Crippen MR) is 125 cm³/mol. The lowest BCUT2D eigenvalue weighted by atomic mass is 9.82. The van der Waals surface area contributed by atoms with Gasteiger partial charge in [0.15, 0.2) is 6.61 Å². The molecular weight excluding hydrogens is 458 g/mol. The van der Waals surface area contributed by atoms with Crippen molar-refractivity contribution in [2.24, 2.45) is 5.73 Å². The largest absolute Gasteiger partial charge is 0.483 e. The van der Waals surface area contributed by atoms with E-state index in [9.17, 15) is 14.9 Å². The molecule has 1 heterocycles. The van der Waals surface area contributed by atoms with Crippen LogP contribution >= 0.6 is 11.6 Å². The smallest absolute Gasteiger partial charge is 0.338 e. The number of hydrogen-bond donors (Lipinski definition) is 2. The molecule has 1 aliphatic rings. The molecule has 0 aliphatic carbocycles. The minimum Gasteiger partial charge on any atom is -0.483 e. The van der Waals surface area contributed by atoms with E-state index in [0.29, 0.717) is 17.1 Å². The second-order valence-electron chi connectivity index (χ2n) is 7.35. The Labute approximate surface area is 202 Å². The Balaban J connectivity index is 1.89. The van der Waals surface area contributed by atoms with Crippen molar-refractivity contribution in [2.75, 3.05) is 13.2 Å². The van der Waals surface area contributed by atoms with Crippen molar-refractivity contribution >= 4 is 23.5 Å². The molecule has 0 fully saturated rings. The van der Waals surface area contributed by atoms with Crippen LogP contribution in [0, 0.1) is 11.3 Å². The van der Waals surface area contributed by atoms with E-state index in [0.717, 1.165) is 5.56 Å². The van der Waals surface area contributed by atoms with Gasteiger partial charge in [0.2, 0.25) is 5.88 Å². The highest BCUT2D eigenvalue weighted by Gasteiger charge is 2.38. The molecular formula is C25H24ClN3O5. The molecule has 3 rings (SSSR count). The number of nitriles is 1. The van der Waals surface area contributed by atoms with Gasteiger partial charge in [0, 0.05) is 17.1 Å². The second kappa shape index (κ2) is 11.3. The van der Waals surface area contributed by atoms with Crippen LogP contribution in [0.1, 0.15) is 30.9 Å². The molecule has 0 aromatic heterocycles. The topological polar surface area (TPSA) is 124 Å². The summed E-state index contributed by atoms with van der Waals surface area (Å²) in [7, 11) is 0. The molecule has 1 unspecified atom stereocenters. The summed E-state index contributed by atoms with van der Waals surface area (Å²) in [6, 6.07) is 16.2. The van der Waals surface area contributed by atoms with E-state index in [2.05, 4.69) is 5.32 Å². The van der Waals surface area contributed by atoms with E-state index in [1.165, 1.54) is 0 Å². The third kappa shape index (κ3) is 5.69. The van der Waals surface area contributed by atoms with Gasteiger partial charge in [-0.2, -0.15) is 5.26 Å². The molecule has 9 heteroatoms. The van der Waals surface area contributed by atoms with Crippen molar-refractivity contribution in [1.82, 2.24) is 5.32 Å². The lowest BCUT2D eigenvalue weighted by molar-refractivity contribution is -0.139. The molecule has 0 spiro atoms. The monoisotopic (exact) mass is 481 g/mol. The predicted octanol–water partition coefficient (Wildman–Crippen LogP) is 3.68. The number of carbonyl (C=O) groups is 2. The number of rotatable bonds is 8. The van der Waals surface area contributed by atoms with Crippen molar-refractivity contribution < 1.29 is 23.8 Å². The Morgan fingerprint density at radius 3 is 2.65 bits per heavy atom. The molecule has 0 radical (unpaired) electrons. The first-order valence-electron chi connectivity index (χ1n) is 10.5. The molecule has 1 aliphatic heterocycles. The number of nitrogens with two attached hydrogens (primary N) is 1. The van der Waals surface area contributed by atoms with Crippen molar-refractivity contribution in [1.29, 1.82) is 5.26 Å². The third-order valence-corrected chi connectivity index (χ3v) is 5.31. The van der Waals surface area contributed by atoms with Crippen LogP contribution in [0.5, 0.6) is 5.75 Å². The highest BCUT2D eigenvalue weighted by atomic mass is 35.5. The molecule has 34 heavy (non-hydrogen) atoms. The van der Waals surface area contributed by atoms with Gasteiger partial charge < -0.3 is 25.3 Å². The summed E-state index contributed by atoms with van der Waals surface area (Å²) in [5.74, 6) is -1.61. The van der Waals surface area contributed by atoms with E-state index in [1.807, 2.05) is 36.4 Å². The average molecular weight is 482 g/mol. The summed E-state index contributed by atoms with van der Waals surface area (Å²) in [6.07, 6.45) is 0. The zero-order valence-corrected chi connectivity index (χ0v) is 19.5. The van der Waals surface area contributed by atoms with Crippen LogP contribution < -0.4 is 15.8 Å². The fraction of sp³-hybridized carbons (Fsp3) is 0.240. The summed E-state index contributed by atoms with van der Waals surface area (Å²) < 4.78 is 16.4. The standard InChI is InChI=1S/C25H24ClN3O5/c1-3-32-25(31)22-15(2)34-24(28)19(12-27)23(22)18-11-17(26)9-10-20(18)33-14-21(30)29-13-16-7-5-4-6-8-16/h4-11,23H,3,13-14,28H2,1-2H3,(H,29,30). The zero-order chi connectivity index (χ0) is 24.7. The van der Waals surface area contributed by atoms with E-state index < -0.39 is 11.9 Å². The Kier molecular flexibility index (Phi) is 8.17. The molecule has 0 saturated heterocycles. The number of hydrogen-bond acceptors (Lipinski definition) is 7. The summed E-state index contributed by atoms with van der Waals surface area (Å²) in [4.78, 5) is 25.2.